The van der Waals surface area contributed by atoms with Gasteiger partial charge in [0.05, 0.1) is 3.79 Å². The summed E-state index contributed by atoms with van der Waals surface area (Å²) < 4.78 is 1.21. The number of alkyl halides is 1. The van der Waals surface area contributed by atoms with E-state index in [4.69, 9.17) is 11.6 Å². The fraction of sp³-hybridized carbons (Fsp3) is 0.600. The van der Waals surface area contributed by atoms with Crippen molar-refractivity contribution < 1.29 is 0 Å². The molecule has 0 radical (unpaired) electrons. The van der Waals surface area contributed by atoms with Crippen LogP contribution in [-0.4, -0.2) is 5.88 Å². The van der Waals surface area contributed by atoms with E-state index in [1.165, 1.54) is 14.2 Å². The highest BCUT2D eigenvalue weighted by molar-refractivity contribution is 9.11. The van der Waals surface area contributed by atoms with Gasteiger partial charge >= 0.3 is 0 Å². The lowest BCUT2D eigenvalue weighted by molar-refractivity contribution is 0.508. The highest BCUT2D eigenvalue weighted by Crippen LogP contribution is 2.36. The minimum atomic E-state index is 0.203. The summed E-state index contributed by atoms with van der Waals surface area (Å²) in [5.41, 5.74) is 1.62. The Morgan fingerprint density at radius 3 is 2.54 bits per heavy atom. The summed E-state index contributed by atoms with van der Waals surface area (Å²) in [7, 11) is 0. The van der Waals surface area contributed by atoms with Crippen molar-refractivity contribution in [3.05, 3.63) is 20.3 Å². The van der Waals surface area contributed by atoms with Crippen molar-refractivity contribution in [2.45, 2.75) is 32.6 Å². The number of hydrogen-bond acceptors (Lipinski definition) is 1. The van der Waals surface area contributed by atoms with E-state index >= 15 is 0 Å². The van der Waals surface area contributed by atoms with Gasteiger partial charge in [-0.1, -0.05) is 13.8 Å². The van der Waals surface area contributed by atoms with Crippen molar-refractivity contribution in [3.8, 4) is 0 Å². The Morgan fingerprint density at radius 2 is 2.15 bits per heavy atom. The second-order valence-electron chi connectivity index (χ2n) is 3.84. The highest BCUT2D eigenvalue weighted by Gasteiger charge is 2.23. The van der Waals surface area contributed by atoms with Crippen molar-refractivity contribution >= 4 is 38.9 Å². The maximum absolute atomic E-state index is 5.79. The summed E-state index contributed by atoms with van der Waals surface area (Å²) in [6, 6.07) is 2.21. The van der Waals surface area contributed by atoms with Crippen LogP contribution in [-0.2, 0) is 5.41 Å². The molecule has 0 fully saturated rings. The number of rotatable bonds is 3. The van der Waals surface area contributed by atoms with Crippen molar-refractivity contribution in [2.24, 2.45) is 0 Å². The van der Waals surface area contributed by atoms with Crippen molar-refractivity contribution in [3.63, 3.8) is 0 Å². The molecule has 1 aromatic rings. The fourth-order valence-electron chi connectivity index (χ4n) is 1.49. The molecule has 0 bridgehead atoms. The van der Waals surface area contributed by atoms with Crippen LogP contribution in [0.4, 0.5) is 0 Å². The average molecular weight is 282 g/mol. The lowest BCUT2D eigenvalue weighted by Gasteiger charge is -2.23. The predicted octanol–water partition coefficient (Wildman–Crippen LogP) is 4.73. The Hall–Kier alpha value is 0.470. The van der Waals surface area contributed by atoms with Crippen LogP contribution in [0.15, 0.2) is 9.85 Å². The number of aryl methyl sites for hydroxylation is 1. The van der Waals surface area contributed by atoms with E-state index in [-0.39, 0.29) is 5.41 Å². The summed E-state index contributed by atoms with van der Waals surface area (Å²) >= 11 is 11.1. The summed E-state index contributed by atoms with van der Waals surface area (Å²) in [4.78, 5) is 1.39. The molecular weight excluding hydrogens is 268 g/mol. The first-order chi connectivity index (χ1) is 5.97. The summed E-state index contributed by atoms with van der Waals surface area (Å²) in [6.07, 6.45) is 1.03. The van der Waals surface area contributed by atoms with E-state index in [1.54, 1.807) is 11.3 Å². The zero-order chi connectivity index (χ0) is 10.1. The van der Waals surface area contributed by atoms with E-state index in [0.717, 1.165) is 12.3 Å². The van der Waals surface area contributed by atoms with Crippen LogP contribution in [0.3, 0.4) is 0 Å². The molecule has 0 aliphatic heterocycles. The molecule has 1 aromatic heterocycles. The van der Waals surface area contributed by atoms with Crippen LogP contribution in [0.25, 0.3) is 0 Å². The van der Waals surface area contributed by atoms with Gasteiger partial charge in [0.1, 0.15) is 0 Å². The molecule has 0 spiro atoms. The van der Waals surface area contributed by atoms with Gasteiger partial charge in [-0.3, -0.25) is 0 Å². The lowest BCUT2D eigenvalue weighted by atomic mass is 9.83. The van der Waals surface area contributed by atoms with Crippen LogP contribution in [0, 0.1) is 6.92 Å². The first-order valence-corrected chi connectivity index (χ1v) is 6.44. The maximum Gasteiger partial charge on any atom is 0.0704 e. The second kappa shape index (κ2) is 4.33. The van der Waals surface area contributed by atoms with Gasteiger partial charge in [-0.05, 0) is 46.3 Å². The number of halogens is 2. The second-order valence-corrected chi connectivity index (χ2v) is 6.86. The lowest BCUT2D eigenvalue weighted by Crippen LogP contribution is -2.17. The average Bonchev–Trinajstić information content (AvgIpc) is 2.30. The van der Waals surface area contributed by atoms with Crippen LogP contribution < -0.4 is 0 Å². The summed E-state index contributed by atoms with van der Waals surface area (Å²) in [6.45, 7) is 6.66. The third-order valence-corrected chi connectivity index (χ3v) is 4.08. The van der Waals surface area contributed by atoms with Gasteiger partial charge in [-0.25, -0.2) is 0 Å². The number of hydrogen-bond donors (Lipinski definition) is 0. The standard InChI is InChI=1S/C10H14BrClS/c1-7-8(6-9(11)13-7)10(2,3)4-5-12/h6H,4-5H2,1-3H3. The third kappa shape index (κ3) is 2.71. The quantitative estimate of drug-likeness (QED) is 0.703. The van der Waals surface area contributed by atoms with Crippen LogP contribution in [0.2, 0.25) is 0 Å². The molecule has 0 aromatic carbocycles. The monoisotopic (exact) mass is 280 g/mol. The molecule has 0 saturated carbocycles. The summed E-state index contributed by atoms with van der Waals surface area (Å²) in [5, 5.41) is 0. The molecule has 0 saturated heterocycles. The minimum absolute atomic E-state index is 0.203. The Balaban J connectivity index is 2.98. The van der Waals surface area contributed by atoms with Gasteiger partial charge in [-0.2, -0.15) is 0 Å². The van der Waals surface area contributed by atoms with E-state index in [0.29, 0.717) is 0 Å². The van der Waals surface area contributed by atoms with E-state index in [1.807, 2.05) is 0 Å². The van der Waals surface area contributed by atoms with Crippen LogP contribution >= 0.6 is 38.9 Å². The third-order valence-electron chi connectivity index (χ3n) is 2.34. The van der Waals surface area contributed by atoms with Crippen molar-refractivity contribution in [1.29, 1.82) is 0 Å². The van der Waals surface area contributed by atoms with Gasteiger partial charge in [-0.15, -0.1) is 22.9 Å². The molecule has 1 heterocycles. The van der Waals surface area contributed by atoms with Gasteiger partial charge in [0.25, 0.3) is 0 Å². The van der Waals surface area contributed by atoms with Crippen molar-refractivity contribution in [1.82, 2.24) is 0 Å². The smallest absolute Gasteiger partial charge is 0.0704 e. The van der Waals surface area contributed by atoms with Gasteiger partial charge in [0.15, 0.2) is 0 Å². The van der Waals surface area contributed by atoms with E-state index in [9.17, 15) is 0 Å². The Kier molecular flexibility index (Phi) is 3.84. The Bertz CT molecular complexity index is 291. The molecule has 74 valence electrons. The zero-order valence-electron chi connectivity index (χ0n) is 8.16. The van der Waals surface area contributed by atoms with Gasteiger partial charge < -0.3 is 0 Å². The van der Waals surface area contributed by atoms with E-state index in [2.05, 4.69) is 42.8 Å². The topological polar surface area (TPSA) is 0 Å². The molecule has 0 aliphatic rings. The minimum Gasteiger partial charge on any atom is -0.133 e. The molecule has 0 unspecified atom stereocenters. The molecule has 0 atom stereocenters. The van der Waals surface area contributed by atoms with Crippen molar-refractivity contribution in [2.75, 3.05) is 5.88 Å². The fourth-order valence-corrected chi connectivity index (χ4v) is 3.83. The van der Waals surface area contributed by atoms with Gasteiger partial charge in [0, 0.05) is 10.8 Å². The SMILES string of the molecule is Cc1sc(Br)cc1C(C)(C)CCCl. The molecule has 0 N–H and O–H groups in total. The van der Waals surface area contributed by atoms with E-state index < -0.39 is 0 Å². The molecule has 1 rings (SSSR count). The van der Waals surface area contributed by atoms with Crippen LogP contribution in [0.1, 0.15) is 30.7 Å². The molecule has 0 aliphatic carbocycles. The summed E-state index contributed by atoms with van der Waals surface area (Å²) in [5.74, 6) is 0.722. The largest absolute Gasteiger partial charge is 0.133 e. The zero-order valence-corrected chi connectivity index (χ0v) is 11.3. The highest BCUT2D eigenvalue weighted by atomic mass is 79.9. The first kappa shape index (κ1) is 11.5. The Morgan fingerprint density at radius 1 is 1.54 bits per heavy atom. The molecule has 0 amide bonds. The molecule has 13 heavy (non-hydrogen) atoms. The first-order valence-electron chi connectivity index (χ1n) is 4.30. The van der Waals surface area contributed by atoms with Crippen LogP contribution in [0.5, 0.6) is 0 Å². The molecule has 0 nitrogen and oxygen atoms in total. The molecule has 3 heteroatoms. The predicted molar refractivity (Wildman–Crippen MR) is 65.1 cm³/mol. The Labute approximate surface area is 97.4 Å². The van der Waals surface area contributed by atoms with Gasteiger partial charge in [0.2, 0.25) is 0 Å². The normalized spacial score (nSPS) is 12.1. The molecular formula is C10H14BrClS. The number of thiophene rings is 1. The maximum atomic E-state index is 5.79.